The van der Waals surface area contributed by atoms with Gasteiger partial charge >= 0.3 is 5.97 Å². The van der Waals surface area contributed by atoms with Crippen LogP contribution in [0.5, 0.6) is 17.2 Å². The van der Waals surface area contributed by atoms with Gasteiger partial charge in [0.2, 0.25) is 0 Å². The van der Waals surface area contributed by atoms with Crippen molar-refractivity contribution in [2.45, 2.75) is 25.4 Å². The quantitative estimate of drug-likeness (QED) is 0.217. The van der Waals surface area contributed by atoms with E-state index < -0.39 is 17.6 Å². The molecule has 3 N–H and O–H groups in total. The monoisotopic (exact) mass is 557 g/mol. The molecule has 0 aliphatic carbocycles. The maximum absolute atomic E-state index is 13.4. The number of carbonyl (C=O) groups excluding carboxylic acids is 2. The van der Waals surface area contributed by atoms with E-state index in [1.54, 1.807) is 50.4 Å². The lowest BCUT2D eigenvalue weighted by Gasteiger charge is -2.40. The number of nitrogens with two attached hydrogens (primary N) is 1. The third-order valence-corrected chi connectivity index (χ3v) is 7.87. The number of methoxy groups -OCH3 is 2. The average molecular weight is 558 g/mol. The van der Waals surface area contributed by atoms with Gasteiger partial charge in [-0.1, -0.05) is 30.3 Å². The average Bonchev–Trinajstić information content (AvgIpc) is 3.50. The number of amides is 1. The predicted octanol–water partition coefficient (Wildman–Crippen LogP) is 5.87. The molecule has 3 aromatic carbocycles. The van der Waals surface area contributed by atoms with Crippen LogP contribution in [0.2, 0.25) is 0 Å². The number of anilines is 2. The molecule has 0 saturated carbocycles. The van der Waals surface area contributed by atoms with Gasteiger partial charge < -0.3 is 30.2 Å². The molecule has 9 heteroatoms. The number of carbonyl (C=O) groups is 2. The number of hydrogen-bond donors (Lipinski definition) is 2. The van der Waals surface area contributed by atoms with Gasteiger partial charge in [-0.25, -0.2) is 4.79 Å². The van der Waals surface area contributed by atoms with Crippen molar-refractivity contribution < 1.29 is 23.8 Å². The van der Waals surface area contributed by atoms with E-state index in [1.807, 2.05) is 61.7 Å². The van der Waals surface area contributed by atoms with Crippen molar-refractivity contribution in [3.8, 4) is 28.4 Å². The first kappa shape index (κ1) is 27.2. The van der Waals surface area contributed by atoms with Crippen LogP contribution in [0.15, 0.2) is 72.1 Å². The van der Waals surface area contributed by atoms with Gasteiger partial charge in [0.05, 0.1) is 31.6 Å². The van der Waals surface area contributed by atoms with E-state index in [1.165, 1.54) is 11.3 Å². The second-order valence-corrected chi connectivity index (χ2v) is 10.9. The van der Waals surface area contributed by atoms with Crippen molar-refractivity contribution in [2.24, 2.45) is 5.73 Å². The number of ether oxygens (including phenoxy) is 3. The van der Waals surface area contributed by atoms with Gasteiger partial charge in [0.25, 0.3) is 5.91 Å². The molecule has 1 aliphatic heterocycles. The number of fused-ring (bicyclic) bond motifs is 1. The Bertz CT molecular complexity index is 1580. The fraction of sp³-hybridized carbons (Fsp3) is 0.226. The summed E-state index contributed by atoms with van der Waals surface area (Å²) < 4.78 is 17.0. The smallest absolute Gasteiger partial charge is 0.353 e. The van der Waals surface area contributed by atoms with Gasteiger partial charge in [-0.05, 0) is 55.1 Å². The number of likely N-dealkylation sites (N-methyl/N-ethyl adjacent to an activating group) is 1. The van der Waals surface area contributed by atoms with Crippen molar-refractivity contribution in [3.63, 3.8) is 0 Å². The van der Waals surface area contributed by atoms with Crippen LogP contribution in [0.4, 0.5) is 11.4 Å². The maximum Gasteiger partial charge on any atom is 0.353 e. The Kier molecular flexibility index (Phi) is 7.27. The summed E-state index contributed by atoms with van der Waals surface area (Å²) in [5.41, 5.74) is 10.7. The van der Waals surface area contributed by atoms with E-state index in [4.69, 9.17) is 19.9 Å². The molecule has 0 saturated heterocycles. The molecule has 1 amide bonds. The number of thiophene rings is 1. The van der Waals surface area contributed by atoms with E-state index in [2.05, 4.69) is 5.32 Å². The van der Waals surface area contributed by atoms with Crippen LogP contribution in [-0.2, 0) is 4.79 Å². The molecule has 40 heavy (non-hydrogen) atoms. The first-order valence-electron chi connectivity index (χ1n) is 12.7. The van der Waals surface area contributed by atoms with Gasteiger partial charge in [-0.15, -0.1) is 11.3 Å². The summed E-state index contributed by atoms with van der Waals surface area (Å²) in [6, 6.07) is 19.6. The van der Waals surface area contributed by atoms with Crippen molar-refractivity contribution in [2.75, 3.05) is 31.5 Å². The van der Waals surface area contributed by atoms with Crippen molar-refractivity contribution in [3.05, 3.63) is 88.1 Å². The zero-order valence-corrected chi connectivity index (χ0v) is 23.8. The first-order chi connectivity index (χ1) is 19.2. The predicted molar refractivity (Wildman–Crippen MR) is 158 cm³/mol. The normalized spacial score (nSPS) is 14.7. The van der Waals surface area contributed by atoms with Crippen molar-refractivity contribution >= 4 is 34.6 Å². The van der Waals surface area contributed by atoms with E-state index in [0.717, 1.165) is 27.9 Å². The molecule has 1 atom stereocenters. The summed E-state index contributed by atoms with van der Waals surface area (Å²) in [6.45, 7) is 3.70. The summed E-state index contributed by atoms with van der Waals surface area (Å²) in [5, 5.41) is 5.20. The highest BCUT2D eigenvalue weighted by Gasteiger charge is 2.40. The Morgan fingerprint density at radius 2 is 1.70 bits per heavy atom. The number of rotatable bonds is 7. The van der Waals surface area contributed by atoms with Crippen molar-refractivity contribution in [1.82, 2.24) is 0 Å². The van der Waals surface area contributed by atoms with Gasteiger partial charge in [0, 0.05) is 29.8 Å². The molecular formula is C31H31N3O5S. The summed E-state index contributed by atoms with van der Waals surface area (Å²) in [7, 11) is 4.92. The molecule has 0 radical (unpaired) electrons. The maximum atomic E-state index is 13.4. The highest BCUT2D eigenvalue weighted by atomic mass is 32.1. The zero-order chi connectivity index (χ0) is 28.6. The number of nitrogens with zero attached hydrogens (tertiary/aromatic N) is 1. The second-order valence-electron chi connectivity index (χ2n) is 9.99. The number of esters is 1. The minimum absolute atomic E-state index is 0.0894. The van der Waals surface area contributed by atoms with Crippen LogP contribution in [0.3, 0.4) is 0 Å². The second kappa shape index (κ2) is 10.7. The number of nitrogens with one attached hydrogen (secondary N) is 1. The molecule has 206 valence electrons. The van der Waals surface area contributed by atoms with Crippen LogP contribution in [0.1, 0.15) is 40.7 Å². The Hall–Kier alpha value is -4.34. The highest BCUT2D eigenvalue weighted by molar-refractivity contribution is 7.12. The molecule has 5 rings (SSSR count). The summed E-state index contributed by atoms with van der Waals surface area (Å²) in [5.74, 6) is 0.949. The minimum Gasteiger partial charge on any atom is -0.496 e. The number of para-hydroxylation sites is 1. The Labute approximate surface area is 237 Å². The molecule has 0 bridgehead atoms. The van der Waals surface area contributed by atoms with E-state index >= 15 is 0 Å². The van der Waals surface area contributed by atoms with Crippen molar-refractivity contribution in [1.29, 1.82) is 0 Å². The van der Waals surface area contributed by atoms with Gasteiger partial charge in [0.1, 0.15) is 27.7 Å². The third-order valence-electron chi connectivity index (χ3n) is 7.02. The number of benzene rings is 3. The van der Waals surface area contributed by atoms with E-state index in [-0.39, 0.29) is 5.91 Å². The standard InChI is InChI=1S/C31H31N3O5S/c1-31(2)30(36)34(3)28-22(33-31)15-14-20(26(28)27(32)21-9-6-7-10-23(21)37-4)19-13-12-18(17-24(19)38-5)39-29(35)25-11-8-16-40-25/h6-17,27,33H,32H2,1-5H3. The molecule has 0 fully saturated rings. The SMILES string of the molecule is COc1cc(OC(=O)c2cccs2)ccc1-c1ccc2c(c1C(N)c1ccccc1OC)N(C)C(=O)C(C)(C)N2. The van der Waals surface area contributed by atoms with Crippen LogP contribution in [-0.4, -0.2) is 38.7 Å². The van der Waals surface area contributed by atoms with Crippen LogP contribution >= 0.6 is 11.3 Å². The minimum atomic E-state index is -0.791. The summed E-state index contributed by atoms with van der Waals surface area (Å²) in [6.07, 6.45) is 0. The third kappa shape index (κ3) is 4.78. The Morgan fingerprint density at radius 3 is 2.40 bits per heavy atom. The summed E-state index contributed by atoms with van der Waals surface area (Å²) in [4.78, 5) is 28.1. The Balaban J connectivity index is 1.68. The molecule has 1 unspecified atom stereocenters. The Morgan fingerprint density at radius 1 is 0.975 bits per heavy atom. The molecule has 8 nitrogen and oxygen atoms in total. The summed E-state index contributed by atoms with van der Waals surface area (Å²) >= 11 is 1.31. The lowest BCUT2D eigenvalue weighted by atomic mass is 9.86. The topological polar surface area (TPSA) is 103 Å². The van der Waals surface area contributed by atoms with Crippen LogP contribution in [0, 0.1) is 0 Å². The molecule has 4 aromatic rings. The van der Waals surface area contributed by atoms with E-state index in [0.29, 0.717) is 27.8 Å². The lowest BCUT2D eigenvalue weighted by Crippen LogP contribution is -2.52. The van der Waals surface area contributed by atoms with Crippen LogP contribution < -0.4 is 30.2 Å². The fourth-order valence-corrected chi connectivity index (χ4v) is 5.72. The first-order valence-corrected chi connectivity index (χ1v) is 13.6. The molecular weight excluding hydrogens is 526 g/mol. The largest absolute Gasteiger partial charge is 0.496 e. The highest BCUT2D eigenvalue weighted by Crippen LogP contribution is 2.48. The van der Waals surface area contributed by atoms with Gasteiger partial charge in [0.15, 0.2) is 0 Å². The molecule has 0 spiro atoms. The number of hydrogen-bond acceptors (Lipinski definition) is 8. The molecule has 1 aliphatic rings. The molecule has 1 aromatic heterocycles. The fourth-order valence-electron chi connectivity index (χ4n) is 5.12. The molecule has 2 heterocycles. The van der Waals surface area contributed by atoms with Gasteiger partial charge in [-0.2, -0.15) is 0 Å². The lowest BCUT2D eigenvalue weighted by molar-refractivity contribution is -0.121. The zero-order valence-electron chi connectivity index (χ0n) is 23.0. The van der Waals surface area contributed by atoms with Crippen LogP contribution in [0.25, 0.3) is 11.1 Å². The van der Waals surface area contributed by atoms with Gasteiger partial charge in [-0.3, -0.25) is 4.79 Å². The van der Waals surface area contributed by atoms with E-state index in [9.17, 15) is 9.59 Å².